The van der Waals surface area contributed by atoms with Crippen molar-refractivity contribution >= 4 is 28.0 Å². The van der Waals surface area contributed by atoms with Gasteiger partial charge in [-0.25, -0.2) is 18.0 Å². The van der Waals surface area contributed by atoms with Crippen molar-refractivity contribution in [2.75, 3.05) is 27.3 Å². The summed E-state index contributed by atoms with van der Waals surface area (Å²) in [5.74, 6) is -1.47. The Labute approximate surface area is 175 Å². The Balaban J connectivity index is 2.48. The third-order valence-electron chi connectivity index (χ3n) is 4.18. The summed E-state index contributed by atoms with van der Waals surface area (Å²) in [6.45, 7) is 4.70. The van der Waals surface area contributed by atoms with E-state index in [1.165, 1.54) is 45.0 Å². The van der Waals surface area contributed by atoms with Crippen LogP contribution in [0.3, 0.4) is 0 Å². The molecule has 0 aliphatic rings. The summed E-state index contributed by atoms with van der Waals surface area (Å²) in [5.41, 5.74) is 1.40. The van der Waals surface area contributed by atoms with Crippen LogP contribution in [0.5, 0.6) is 0 Å². The molecule has 0 unspecified atom stereocenters. The summed E-state index contributed by atoms with van der Waals surface area (Å²) in [5, 5.41) is 0. The van der Waals surface area contributed by atoms with Crippen LogP contribution in [-0.4, -0.2) is 52.0 Å². The van der Waals surface area contributed by atoms with Crippen molar-refractivity contribution in [3.05, 3.63) is 71.7 Å². The second kappa shape index (κ2) is 10.0. The number of aryl methyl sites for hydroxylation is 1. The van der Waals surface area contributed by atoms with Crippen LogP contribution in [0.25, 0.3) is 6.08 Å². The normalized spacial score (nSPS) is 11.9. The second-order valence-electron chi connectivity index (χ2n) is 6.40. The molecular weight excluding hydrogens is 410 g/mol. The number of methoxy groups -OCH3 is 2. The number of furan rings is 1. The molecule has 160 valence electrons. The number of carbonyl (C=O) groups is 2. The van der Waals surface area contributed by atoms with Gasteiger partial charge in [0.2, 0.25) is 10.0 Å². The third kappa shape index (κ3) is 5.68. The van der Waals surface area contributed by atoms with Crippen LogP contribution >= 0.6 is 0 Å². The molecule has 1 heterocycles. The maximum atomic E-state index is 13.3. The molecule has 0 spiro atoms. The van der Waals surface area contributed by atoms with Gasteiger partial charge in [0.15, 0.2) is 0 Å². The van der Waals surface area contributed by atoms with E-state index in [0.29, 0.717) is 5.56 Å². The summed E-state index contributed by atoms with van der Waals surface area (Å²) < 4.78 is 41.9. The fraction of sp³-hybridized carbons (Fsp3) is 0.238. The number of ether oxygens (including phenoxy) is 2. The highest BCUT2D eigenvalue weighted by Crippen LogP contribution is 2.21. The summed E-state index contributed by atoms with van der Waals surface area (Å²) >= 11 is 0. The summed E-state index contributed by atoms with van der Waals surface area (Å²) in [6.07, 6.45) is 4.27. The molecule has 0 aliphatic heterocycles. The predicted molar refractivity (Wildman–Crippen MR) is 110 cm³/mol. The molecule has 0 atom stereocenters. The molecule has 8 nitrogen and oxygen atoms in total. The SMILES string of the molecule is C=C(CN(C/C(=C\c1ccoc1)C(=O)OC)S(=O)(=O)c1ccc(C)cc1)C(=O)OC. The van der Waals surface area contributed by atoms with Crippen LogP contribution < -0.4 is 0 Å². The summed E-state index contributed by atoms with van der Waals surface area (Å²) in [6, 6.07) is 7.83. The van der Waals surface area contributed by atoms with Gasteiger partial charge >= 0.3 is 11.9 Å². The lowest BCUT2D eigenvalue weighted by Crippen LogP contribution is -2.37. The second-order valence-corrected chi connectivity index (χ2v) is 8.34. The zero-order chi connectivity index (χ0) is 22.3. The Morgan fingerprint density at radius 3 is 2.23 bits per heavy atom. The minimum Gasteiger partial charge on any atom is -0.472 e. The number of benzene rings is 1. The lowest BCUT2D eigenvalue weighted by Gasteiger charge is -2.23. The first-order valence-electron chi connectivity index (χ1n) is 8.83. The minimum atomic E-state index is -4.08. The van der Waals surface area contributed by atoms with E-state index < -0.39 is 22.0 Å². The maximum Gasteiger partial charge on any atom is 0.335 e. The Bertz CT molecular complexity index is 1040. The molecular formula is C21H23NO7S. The number of carbonyl (C=O) groups excluding carboxylic acids is 2. The molecule has 0 aliphatic carbocycles. The van der Waals surface area contributed by atoms with Crippen LogP contribution in [0.4, 0.5) is 0 Å². The van der Waals surface area contributed by atoms with Gasteiger partial charge in [-0.05, 0) is 31.2 Å². The molecule has 0 saturated carbocycles. The van der Waals surface area contributed by atoms with Crippen molar-refractivity contribution in [2.24, 2.45) is 0 Å². The molecule has 1 aromatic heterocycles. The van der Waals surface area contributed by atoms with Gasteiger partial charge in [-0.3, -0.25) is 0 Å². The number of rotatable bonds is 9. The minimum absolute atomic E-state index is 0.0123. The molecule has 30 heavy (non-hydrogen) atoms. The number of hydrogen-bond donors (Lipinski definition) is 0. The van der Waals surface area contributed by atoms with Crippen molar-refractivity contribution in [1.29, 1.82) is 0 Å². The van der Waals surface area contributed by atoms with Crippen molar-refractivity contribution in [1.82, 2.24) is 4.31 Å². The third-order valence-corrected chi connectivity index (χ3v) is 5.98. The molecule has 0 N–H and O–H groups in total. The van der Waals surface area contributed by atoms with E-state index in [1.807, 2.05) is 6.92 Å². The Hall–Kier alpha value is -3.17. The van der Waals surface area contributed by atoms with E-state index in [1.54, 1.807) is 18.2 Å². The van der Waals surface area contributed by atoms with Gasteiger partial charge in [-0.2, -0.15) is 4.31 Å². The first kappa shape index (κ1) is 23.1. The number of esters is 2. The molecule has 0 bridgehead atoms. The average Bonchev–Trinajstić information content (AvgIpc) is 3.24. The largest absolute Gasteiger partial charge is 0.472 e. The average molecular weight is 433 g/mol. The first-order chi connectivity index (χ1) is 14.2. The van der Waals surface area contributed by atoms with Gasteiger partial charge in [-0.1, -0.05) is 24.3 Å². The van der Waals surface area contributed by atoms with Crippen molar-refractivity contribution in [3.8, 4) is 0 Å². The van der Waals surface area contributed by atoms with Crippen LogP contribution in [0.15, 0.2) is 69.9 Å². The lowest BCUT2D eigenvalue weighted by molar-refractivity contribution is -0.136. The highest BCUT2D eigenvalue weighted by Gasteiger charge is 2.29. The van der Waals surface area contributed by atoms with E-state index in [4.69, 9.17) is 9.15 Å². The summed E-state index contributed by atoms with van der Waals surface area (Å²) in [4.78, 5) is 24.1. The van der Waals surface area contributed by atoms with Gasteiger partial charge in [0, 0.05) is 24.2 Å². The van der Waals surface area contributed by atoms with E-state index >= 15 is 0 Å². The van der Waals surface area contributed by atoms with E-state index in [0.717, 1.165) is 9.87 Å². The standard InChI is InChI=1S/C21H23NO7S/c1-15-5-7-19(8-6-15)30(25,26)22(12-16(2)20(23)27-3)13-18(21(24)28-4)11-17-9-10-29-14-17/h5-11,14H,2,12-13H2,1,3-4H3/b18-11+. The molecule has 0 radical (unpaired) electrons. The molecule has 0 fully saturated rings. The monoisotopic (exact) mass is 433 g/mol. The van der Waals surface area contributed by atoms with Crippen LogP contribution in [0.2, 0.25) is 0 Å². The smallest absolute Gasteiger partial charge is 0.335 e. The highest BCUT2D eigenvalue weighted by molar-refractivity contribution is 7.89. The predicted octanol–water partition coefficient (Wildman–Crippen LogP) is 2.56. The fourth-order valence-corrected chi connectivity index (χ4v) is 3.97. The van der Waals surface area contributed by atoms with Gasteiger partial charge in [0.25, 0.3) is 0 Å². The molecule has 0 amide bonds. The van der Waals surface area contributed by atoms with Gasteiger partial charge in [-0.15, -0.1) is 0 Å². The first-order valence-corrected chi connectivity index (χ1v) is 10.3. The quantitative estimate of drug-likeness (QED) is 0.442. The van der Waals surface area contributed by atoms with Crippen molar-refractivity contribution in [2.45, 2.75) is 11.8 Å². The molecule has 2 rings (SSSR count). The Morgan fingerprint density at radius 2 is 1.70 bits per heavy atom. The van der Waals surface area contributed by atoms with Gasteiger partial charge in [0.1, 0.15) is 0 Å². The lowest BCUT2D eigenvalue weighted by atomic mass is 10.2. The number of nitrogens with zero attached hydrogens (tertiary/aromatic N) is 1. The zero-order valence-electron chi connectivity index (χ0n) is 17.0. The molecule has 9 heteroatoms. The summed E-state index contributed by atoms with van der Waals surface area (Å²) in [7, 11) is -1.71. The zero-order valence-corrected chi connectivity index (χ0v) is 17.8. The van der Waals surface area contributed by atoms with Gasteiger partial charge < -0.3 is 13.9 Å². The van der Waals surface area contributed by atoms with Crippen LogP contribution in [-0.2, 0) is 29.1 Å². The number of sulfonamides is 1. The molecule has 2 aromatic rings. The van der Waals surface area contributed by atoms with Crippen molar-refractivity contribution in [3.63, 3.8) is 0 Å². The van der Waals surface area contributed by atoms with Crippen LogP contribution in [0.1, 0.15) is 11.1 Å². The van der Waals surface area contributed by atoms with E-state index in [2.05, 4.69) is 11.3 Å². The Morgan fingerprint density at radius 1 is 1.07 bits per heavy atom. The topological polar surface area (TPSA) is 103 Å². The molecule has 1 aromatic carbocycles. The highest BCUT2D eigenvalue weighted by atomic mass is 32.2. The molecule has 0 saturated heterocycles. The van der Waals surface area contributed by atoms with Crippen molar-refractivity contribution < 1.29 is 31.9 Å². The number of hydrogen-bond acceptors (Lipinski definition) is 7. The van der Waals surface area contributed by atoms with Crippen LogP contribution in [0, 0.1) is 6.92 Å². The maximum absolute atomic E-state index is 13.3. The van der Waals surface area contributed by atoms with E-state index in [-0.39, 0.29) is 29.1 Å². The van der Waals surface area contributed by atoms with Gasteiger partial charge in [0.05, 0.1) is 37.2 Å². The Kier molecular flexibility index (Phi) is 7.73. The fourth-order valence-electron chi connectivity index (χ4n) is 2.56. The van der Waals surface area contributed by atoms with E-state index in [9.17, 15) is 18.0 Å².